The maximum atomic E-state index is 12.5. The second kappa shape index (κ2) is 5.92. The van der Waals surface area contributed by atoms with Crippen LogP contribution in [-0.4, -0.2) is 19.8 Å². The number of nitrogens with two attached hydrogens (primary N) is 1. The third-order valence-corrected chi connectivity index (χ3v) is 3.76. The first kappa shape index (κ1) is 14.3. The van der Waals surface area contributed by atoms with Crippen molar-refractivity contribution in [2.75, 3.05) is 19.8 Å². The zero-order valence-electron chi connectivity index (χ0n) is 10.6. The molecule has 0 amide bonds. The van der Waals surface area contributed by atoms with Crippen molar-refractivity contribution < 1.29 is 17.9 Å². The van der Waals surface area contributed by atoms with E-state index in [1.807, 2.05) is 0 Å². The lowest BCUT2D eigenvalue weighted by Crippen LogP contribution is -2.27. The zero-order chi connectivity index (χ0) is 13.9. The largest absolute Gasteiger partial charge is 0.416 e. The van der Waals surface area contributed by atoms with Gasteiger partial charge in [-0.1, -0.05) is 12.1 Å². The summed E-state index contributed by atoms with van der Waals surface area (Å²) in [6.07, 6.45) is -2.44. The molecule has 2 rings (SSSR count). The Labute approximate surface area is 110 Å². The summed E-state index contributed by atoms with van der Waals surface area (Å²) in [4.78, 5) is 0. The number of halogens is 3. The van der Waals surface area contributed by atoms with E-state index in [1.54, 1.807) is 12.1 Å². The molecule has 0 bridgehead atoms. The van der Waals surface area contributed by atoms with Crippen LogP contribution in [0.1, 0.15) is 29.9 Å². The summed E-state index contributed by atoms with van der Waals surface area (Å²) >= 11 is 0. The van der Waals surface area contributed by atoms with Gasteiger partial charge in [-0.2, -0.15) is 13.2 Å². The van der Waals surface area contributed by atoms with Gasteiger partial charge in [0.05, 0.1) is 5.56 Å². The average Bonchev–Trinajstić information content (AvgIpc) is 2.40. The van der Waals surface area contributed by atoms with Crippen molar-refractivity contribution in [1.82, 2.24) is 0 Å². The van der Waals surface area contributed by atoms with Crippen LogP contribution in [-0.2, 0) is 10.9 Å². The second-order valence-electron chi connectivity index (χ2n) is 4.91. The van der Waals surface area contributed by atoms with Crippen LogP contribution in [0.5, 0.6) is 0 Å². The number of hydrogen-bond acceptors (Lipinski definition) is 2. The van der Waals surface area contributed by atoms with Gasteiger partial charge in [-0.05, 0) is 48.9 Å². The molecule has 0 radical (unpaired) electrons. The third-order valence-electron chi connectivity index (χ3n) is 3.76. The van der Waals surface area contributed by atoms with Gasteiger partial charge >= 0.3 is 6.18 Å². The number of hydrogen-bond donors (Lipinski definition) is 1. The van der Waals surface area contributed by atoms with Gasteiger partial charge in [0.15, 0.2) is 0 Å². The molecule has 1 heterocycles. The second-order valence-corrected chi connectivity index (χ2v) is 4.91. The summed E-state index contributed by atoms with van der Waals surface area (Å²) in [5.41, 5.74) is 6.08. The Bertz CT molecular complexity index is 396. The van der Waals surface area contributed by atoms with Gasteiger partial charge in [-0.15, -0.1) is 0 Å². The van der Waals surface area contributed by atoms with E-state index >= 15 is 0 Å². The Hall–Kier alpha value is -1.07. The van der Waals surface area contributed by atoms with Crippen LogP contribution in [0.25, 0.3) is 0 Å². The Kier molecular flexibility index (Phi) is 4.47. The minimum Gasteiger partial charge on any atom is -0.381 e. The summed E-state index contributed by atoms with van der Waals surface area (Å²) in [5, 5.41) is 0. The standard InChI is InChI=1S/C14H18F3NO/c15-14(16,17)12-3-1-10(2-4-12)13(9-18)11-5-7-19-8-6-11/h1-4,11,13H,5-9,18H2. The van der Waals surface area contributed by atoms with Gasteiger partial charge in [0.1, 0.15) is 0 Å². The third kappa shape index (κ3) is 3.48. The van der Waals surface area contributed by atoms with E-state index in [-0.39, 0.29) is 5.92 Å². The summed E-state index contributed by atoms with van der Waals surface area (Å²) in [7, 11) is 0. The first-order valence-electron chi connectivity index (χ1n) is 6.47. The first-order chi connectivity index (χ1) is 9.02. The molecule has 19 heavy (non-hydrogen) atoms. The van der Waals surface area contributed by atoms with Gasteiger partial charge in [0.25, 0.3) is 0 Å². The van der Waals surface area contributed by atoms with Crippen LogP contribution < -0.4 is 5.73 Å². The van der Waals surface area contributed by atoms with Crippen molar-refractivity contribution >= 4 is 0 Å². The number of alkyl halides is 3. The van der Waals surface area contributed by atoms with Crippen LogP contribution >= 0.6 is 0 Å². The van der Waals surface area contributed by atoms with E-state index in [0.29, 0.717) is 25.7 Å². The van der Waals surface area contributed by atoms with Gasteiger partial charge < -0.3 is 10.5 Å². The predicted octanol–water partition coefficient (Wildman–Crippen LogP) is 3.17. The molecule has 1 aromatic carbocycles. The molecular formula is C14H18F3NO. The lowest BCUT2D eigenvalue weighted by Gasteiger charge is -2.30. The maximum Gasteiger partial charge on any atom is 0.416 e. The molecule has 1 aromatic rings. The van der Waals surface area contributed by atoms with E-state index in [9.17, 15) is 13.2 Å². The monoisotopic (exact) mass is 273 g/mol. The highest BCUT2D eigenvalue weighted by Crippen LogP contribution is 2.34. The van der Waals surface area contributed by atoms with Crippen LogP contribution in [0.2, 0.25) is 0 Å². The predicted molar refractivity (Wildman–Crippen MR) is 66.8 cm³/mol. The number of ether oxygens (including phenoxy) is 1. The Balaban J connectivity index is 2.14. The quantitative estimate of drug-likeness (QED) is 0.918. The molecule has 0 saturated carbocycles. The summed E-state index contributed by atoms with van der Waals surface area (Å²) in [6, 6.07) is 5.38. The molecule has 1 aliphatic heterocycles. The smallest absolute Gasteiger partial charge is 0.381 e. The number of benzene rings is 1. The molecule has 106 valence electrons. The Morgan fingerprint density at radius 3 is 2.21 bits per heavy atom. The first-order valence-corrected chi connectivity index (χ1v) is 6.47. The molecule has 2 N–H and O–H groups in total. The fourth-order valence-electron chi connectivity index (χ4n) is 2.64. The van der Waals surface area contributed by atoms with Crippen molar-refractivity contribution in [3.63, 3.8) is 0 Å². The summed E-state index contributed by atoms with van der Waals surface area (Å²) in [5.74, 6) is 0.515. The van der Waals surface area contributed by atoms with Gasteiger partial charge in [0.2, 0.25) is 0 Å². The molecule has 0 aromatic heterocycles. The Morgan fingerprint density at radius 2 is 1.74 bits per heavy atom. The highest BCUT2D eigenvalue weighted by atomic mass is 19.4. The molecule has 0 aliphatic carbocycles. The van der Waals surface area contributed by atoms with E-state index in [0.717, 1.165) is 30.5 Å². The lowest BCUT2D eigenvalue weighted by molar-refractivity contribution is -0.137. The number of rotatable bonds is 3. The molecule has 2 nitrogen and oxygen atoms in total. The van der Waals surface area contributed by atoms with Crippen molar-refractivity contribution in [2.45, 2.75) is 24.9 Å². The van der Waals surface area contributed by atoms with Gasteiger partial charge in [-0.25, -0.2) is 0 Å². The molecule has 1 unspecified atom stereocenters. The van der Waals surface area contributed by atoms with E-state index in [2.05, 4.69) is 0 Å². The van der Waals surface area contributed by atoms with Gasteiger partial charge in [0, 0.05) is 13.2 Å². The van der Waals surface area contributed by atoms with Crippen molar-refractivity contribution in [2.24, 2.45) is 11.7 Å². The zero-order valence-corrected chi connectivity index (χ0v) is 10.6. The van der Waals surface area contributed by atoms with Crippen LogP contribution in [0.15, 0.2) is 24.3 Å². The molecule has 1 atom stereocenters. The highest BCUT2D eigenvalue weighted by molar-refractivity contribution is 5.28. The molecule has 1 fully saturated rings. The summed E-state index contributed by atoms with van der Waals surface area (Å²) in [6.45, 7) is 1.87. The van der Waals surface area contributed by atoms with E-state index in [1.165, 1.54) is 0 Å². The van der Waals surface area contributed by atoms with Crippen LogP contribution in [0.3, 0.4) is 0 Å². The van der Waals surface area contributed by atoms with Crippen LogP contribution in [0.4, 0.5) is 13.2 Å². The average molecular weight is 273 g/mol. The molecular weight excluding hydrogens is 255 g/mol. The summed E-state index contributed by atoms with van der Waals surface area (Å²) < 4.78 is 42.9. The fourth-order valence-corrected chi connectivity index (χ4v) is 2.64. The maximum absolute atomic E-state index is 12.5. The SMILES string of the molecule is NCC(c1ccc(C(F)(F)F)cc1)C1CCOCC1. The molecule has 5 heteroatoms. The van der Waals surface area contributed by atoms with Crippen LogP contribution in [0, 0.1) is 5.92 Å². The van der Waals surface area contributed by atoms with Crippen molar-refractivity contribution in [3.8, 4) is 0 Å². The highest BCUT2D eigenvalue weighted by Gasteiger charge is 2.31. The molecule has 1 aliphatic rings. The molecule has 0 spiro atoms. The minimum atomic E-state index is -4.28. The molecule has 1 saturated heterocycles. The normalized spacial score (nSPS) is 19.4. The Morgan fingerprint density at radius 1 is 1.16 bits per heavy atom. The van der Waals surface area contributed by atoms with Crippen molar-refractivity contribution in [1.29, 1.82) is 0 Å². The van der Waals surface area contributed by atoms with Gasteiger partial charge in [-0.3, -0.25) is 0 Å². The van der Waals surface area contributed by atoms with Crippen molar-refractivity contribution in [3.05, 3.63) is 35.4 Å². The van der Waals surface area contributed by atoms with E-state index < -0.39 is 11.7 Å². The fraction of sp³-hybridized carbons (Fsp3) is 0.571. The lowest BCUT2D eigenvalue weighted by atomic mass is 9.81. The van der Waals surface area contributed by atoms with E-state index in [4.69, 9.17) is 10.5 Å². The minimum absolute atomic E-state index is 0.117. The topological polar surface area (TPSA) is 35.2 Å².